The second-order valence-electron chi connectivity index (χ2n) is 13.1. The van der Waals surface area contributed by atoms with E-state index in [0.29, 0.717) is 23.8 Å². The van der Waals surface area contributed by atoms with Crippen molar-refractivity contribution in [3.05, 3.63) is 11.1 Å². The van der Waals surface area contributed by atoms with E-state index in [4.69, 9.17) is 10.5 Å². The molecule has 40 heavy (non-hydrogen) atoms. The van der Waals surface area contributed by atoms with Crippen molar-refractivity contribution in [3.8, 4) is 0 Å². The summed E-state index contributed by atoms with van der Waals surface area (Å²) in [6, 6.07) is -2.47. The highest BCUT2D eigenvalue weighted by atomic mass is 32.1. The number of Topliss-reactive ketones (excluding diaryl/α,β-unsaturated/α-hetero) is 1. The van der Waals surface area contributed by atoms with Crippen LogP contribution in [0, 0.1) is 28.6 Å². The second-order valence-corrected chi connectivity index (χ2v) is 13.9. The number of ether oxygens (including phenoxy) is 1. The fourth-order valence-electron chi connectivity index (χ4n) is 6.15. The van der Waals surface area contributed by atoms with Crippen LogP contribution < -0.4 is 16.4 Å². The first-order chi connectivity index (χ1) is 18.6. The van der Waals surface area contributed by atoms with Gasteiger partial charge in [-0.05, 0) is 35.0 Å². The number of carbonyl (C=O) groups excluding carboxylic acids is 5. The van der Waals surface area contributed by atoms with Crippen LogP contribution >= 0.6 is 11.3 Å². The molecule has 220 valence electrons. The Balaban J connectivity index is 1.55. The molecular weight excluding hydrogens is 534 g/mol. The molecule has 1 aromatic rings. The molecule has 3 amide bonds. The molecule has 2 heterocycles. The number of hydrogen-bond acceptors (Lipinski definition) is 9. The van der Waals surface area contributed by atoms with Crippen molar-refractivity contribution < 1.29 is 28.7 Å². The van der Waals surface area contributed by atoms with Gasteiger partial charge in [-0.3, -0.25) is 24.0 Å². The first kappa shape index (κ1) is 30.0. The van der Waals surface area contributed by atoms with Gasteiger partial charge in [-0.25, -0.2) is 4.98 Å². The highest BCUT2D eigenvalue weighted by Gasteiger charge is 2.69. The summed E-state index contributed by atoms with van der Waals surface area (Å²) < 4.78 is 4.72. The minimum Gasteiger partial charge on any atom is -0.469 e. The number of thiazole rings is 1. The number of ketones is 1. The summed E-state index contributed by atoms with van der Waals surface area (Å²) in [5.41, 5.74) is 5.18. The fraction of sp³-hybridized carbons (Fsp3) is 0.714. The molecule has 2 unspecified atom stereocenters. The van der Waals surface area contributed by atoms with Crippen LogP contribution in [0.3, 0.4) is 0 Å². The van der Waals surface area contributed by atoms with Crippen molar-refractivity contribution in [3.63, 3.8) is 0 Å². The molecule has 0 bridgehead atoms. The first-order valence-corrected chi connectivity index (χ1v) is 14.7. The van der Waals surface area contributed by atoms with Crippen LogP contribution in [0.15, 0.2) is 5.38 Å². The molecular formula is C28H41N5O6S. The van der Waals surface area contributed by atoms with Crippen molar-refractivity contribution >= 4 is 45.9 Å². The lowest BCUT2D eigenvalue weighted by Crippen LogP contribution is -2.58. The molecule has 1 aliphatic heterocycles. The number of hydrogen-bond donors (Lipinski definition) is 3. The maximum atomic E-state index is 14.1. The quantitative estimate of drug-likeness (QED) is 0.266. The normalized spacial score (nSPS) is 24.8. The molecule has 1 saturated heterocycles. The number of anilines is 1. The summed E-state index contributed by atoms with van der Waals surface area (Å²) in [4.78, 5) is 70.0. The van der Waals surface area contributed by atoms with Crippen LogP contribution in [0.1, 0.15) is 66.0 Å². The zero-order valence-electron chi connectivity index (χ0n) is 24.1. The van der Waals surface area contributed by atoms with Crippen LogP contribution in [0.4, 0.5) is 5.13 Å². The lowest BCUT2D eigenvalue weighted by molar-refractivity contribution is -0.144. The Kier molecular flexibility index (Phi) is 8.31. The average molecular weight is 576 g/mol. The van der Waals surface area contributed by atoms with E-state index < -0.39 is 47.1 Å². The van der Waals surface area contributed by atoms with Crippen LogP contribution in [-0.2, 0) is 35.1 Å². The van der Waals surface area contributed by atoms with Gasteiger partial charge in [0.15, 0.2) is 5.13 Å². The SMILES string of the molecule is COC(=O)Cc1csc(N[C@H](C(=O)N2C[C@H]3C([C@H]2C(=O)NC(CC2CCC2)C(=O)C(N)=O)C3(C)C)C(C)(C)C)n1. The zero-order valence-corrected chi connectivity index (χ0v) is 24.9. The smallest absolute Gasteiger partial charge is 0.311 e. The minimum absolute atomic E-state index is 0.0294. The molecule has 1 aromatic heterocycles. The summed E-state index contributed by atoms with van der Waals surface area (Å²) in [5.74, 6) is -2.59. The molecule has 2 aliphatic carbocycles. The van der Waals surface area contributed by atoms with E-state index in [1.165, 1.54) is 18.4 Å². The van der Waals surface area contributed by atoms with Gasteiger partial charge >= 0.3 is 5.97 Å². The van der Waals surface area contributed by atoms with E-state index in [1.54, 1.807) is 10.3 Å². The molecule has 2 saturated carbocycles. The van der Waals surface area contributed by atoms with Gasteiger partial charge in [0.1, 0.15) is 12.1 Å². The number of esters is 1. The molecule has 0 spiro atoms. The maximum absolute atomic E-state index is 14.1. The van der Waals surface area contributed by atoms with Crippen molar-refractivity contribution in [2.24, 2.45) is 34.3 Å². The van der Waals surface area contributed by atoms with E-state index in [0.717, 1.165) is 19.3 Å². The van der Waals surface area contributed by atoms with Crippen LogP contribution in [0.25, 0.3) is 0 Å². The molecule has 3 fully saturated rings. The number of amides is 3. The monoisotopic (exact) mass is 575 g/mol. The Morgan fingerprint density at radius 1 is 1.23 bits per heavy atom. The molecule has 4 N–H and O–H groups in total. The fourth-order valence-corrected chi connectivity index (χ4v) is 6.89. The van der Waals surface area contributed by atoms with E-state index in [9.17, 15) is 24.0 Å². The number of carbonyl (C=O) groups is 5. The number of nitrogens with zero attached hydrogens (tertiary/aromatic N) is 2. The zero-order chi connectivity index (χ0) is 29.6. The highest BCUT2D eigenvalue weighted by Crippen LogP contribution is 2.65. The van der Waals surface area contributed by atoms with Gasteiger partial charge < -0.3 is 26.0 Å². The Morgan fingerprint density at radius 3 is 2.45 bits per heavy atom. The number of nitrogens with two attached hydrogens (primary N) is 1. The highest BCUT2D eigenvalue weighted by molar-refractivity contribution is 7.13. The number of aromatic nitrogens is 1. The van der Waals surface area contributed by atoms with Gasteiger partial charge in [0.25, 0.3) is 5.91 Å². The van der Waals surface area contributed by atoms with E-state index in [-0.39, 0.29) is 35.5 Å². The Morgan fingerprint density at radius 2 is 1.90 bits per heavy atom. The van der Waals surface area contributed by atoms with Crippen molar-refractivity contribution in [2.45, 2.75) is 84.8 Å². The predicted octanol–water partition coefficient (Wildman–Crippen LogP) is 1.90. The van der Waals surface area contributed by atoms with Gasteiger partial charge in [-0.2, -0.15) is 0 Å². The van der Waals surface area contributed by atoms with Crippen LogP contribution in [0.5, 0.6) is 0 Å². The Labute approximate surface area is 239 Å². The maximum Gasteiger partial charge on any atom is 0.311 e. The second kappa shape index (κ2) is 11.1. The van der Waals surface area contributed by atoms with Crippen LogP contribution in [-0.4, -0.2) is 71.1 Å². The molecule has 12 heteroatoms. The third-order valence-corrected chi connectivity index (χ3v) is 9.74. The molecule has 0 aromatic carbocycles. The third kappa shape index (κ3) is 6.01. The molecule has 0 radical (unpaired) electrons. The van der Waals surface area contributed by atoms with Crippen LogP contribution in [0.2, 0.25) is 0 Å². The third-order valence-electron chi connectivity index (χ3n) is 8.92. The van der Waals surface area contributed by atoms with E-state index >= 15 is 0 Å². The summed E-state index contributed by atoms with van der Waals surface area (Å²) >= 11 is 1.29. The molecule has 11 nitrogen and oxygen atoms in total. The Bertz CT molecular complexity index is 1190. The topological polar surface area (TPSA) is 161 Å². The molecule has 5 atom stereocenters. The summed E-state index contributed by atoms with van der Waals surface area (Å²) in [7, 11) is 1.32. The predicted molar refractivity (Wildman–Crippen MR) is 149 cm³/mol. The number of nitrogens with one attached hydrogen (secondary N) is 2. The van der Waals surface area contributed by atoms with Crippen molar-refractivity contribution in [2.75, 3.05) is 19.0 Å². The number of piperidine rings is 1. The Hall–Kier alpha value is -3.02. The van der Waals surface area contributed by atoms with Gasteiger partial charge in [0.05, 0.1) is 25.3 Å². The standard InChI is InChI=1S/C28H41N5O6S/c1-27(2,3)22(32-26-30-15(13-40-26)11-18(34)39-6)25(38)33-12-16-19(28(16,4)5)20(33)24(37)31-17(21(35)23(29)36)10-14-8-7-9-14/h13-14,16-17,19-20,22H,7-12H2,1-6H3,(H2,29,36)(H,30,32)(H,31,37)/t16-,17?,19?,20-,22+/m0/s1. The largest absolute Gasteiger partial charge is 0.469 e. The van der Waals surface area contributed by atoms with Gasteiger partial charge in [-0.1, -0.05) is 53.9 Å². The summed E-state index contributed by atoms with van der Waals surface area (Å²) in [6.45, 7) is 10.4. The van der Waals surface area contributed by atoms with E-state index in [1.807, 2.05) is 20.8 Å². The summed E-state index contributed by atoms with van der Waals surface area (Å²) in [6.07, 6.45) is 3.35. The first-order valence-electron chi connectivity index (χ1n) is 13.9. The number of likely N-dealkylation sites (tertiary alicyclic amines) is 1. The minimum atomic E-state index is -1.07. The molecule has 4 rings (SSSR count). The number of primary amides is 1. The lowest BCUT2D eigenvalue weighted by atomic mass is 9.80. The molecule has 3 aliphatic rings. The lowest BCUT2D eigenvalue weighted by Gasteiger charge is -2.38. The summed E-state index contributed by atoms with van der Waals surface area (Å²) in [5, 5.41) is 8.30. The number of fused-ring (bicyclic) bond motifs is 1. The van der Waals surface area contributed by atoms with Crippen molar-refractivity contribution in [1.82, 2.24) is 15.2 Å². The average Bonchev–Trinajstić information content (AvgIpc) is 3.22. The van der Waals surface area contributed by atoms with Crippen molar-refractivity contribution in [1.29, 1.82) is 0 Å². The number of rotatable bonds is 11. The number of methoxy groups -OCH3 is 1. The van der Waals surface area contributed by atoms with Gasteiger partial charge in [0, 0.05) is 11.9 Å². The van der Waals surface area contributed by atoms with E-state index in [2.05, 4.69) is 29.5 Å². The van der Waals surface area contributed by atoms with Gasteiger partial charge in [0.2, 0.25) is 17.6 Å². The van der Waals surface area contributed by atoms with Gasteiger partial charge in [-0.15, -0.1) is 11.3 Å².